The standard InChI is InChI=1S/C27H38F2O3/c1-3-6-24-25(28)17-22(18-26(24)29)21-9-7-19(8-10-21)20-11-13-23(14-12-20)31-15-5-16-32-27(30)4-2/h4,17-21,23H,2-3,5-16H2,1H3. The molecular weight excluding hydrogens is 410 g/mol. The fraction of sp³-hybridized carbons (Fsp3) is 0.667. The van der Waals surface area contributed by atoms with E-state index in [4.69, 9.17) is 9.47 Å². The van der Waals surface area contributed by atoms with E-state index in [0.29, 0.717) is 32.2 Å². The van der Waals surface area contributed by atoms with Gasteiger partial charge in [-0.15, -0.1) is 0 Å². The van der Waals surface area contributed by atoms with Gasteiger partial charge < -0.3 is 9.47 Å². The van der Waals surface area contributed by atoms with Crippen molar-refractivity contribution in [3.63, 3.8) is 0 Å². The highest BCUT2D eigenvalue weighted by molar-refractivity contribution is 5.81. The first-order valence-electron chi connectivity index (χ1n) is 12.4. The number of rotatable bonds is 10. The van der Waals surface area contributed by atoms with Crippen LogP contribution in [0.15, 0.2) is 24.8 Å². The van der Waals surface area contributed by atoms with Crippen LogP contribution in [0.25, 0.3) is 0 Å². The second-order valence-corrected chi connectivity index (χ2v) is 9.46. The summed E-state index contributed by atoms with van der Waals surface area (Å²) in [7, 11) is 0. The van der Waals surface area contributed by atoms with Crippen LogP contribution in [0, 0.1) is 23.5 Å². The first-order valence-corrected chi connectivity index (χ1v) is 12.4. The molecule has 3 rings (SSSR count). The van der Waals surface area contributed by atoms with E-state index in [9.17, 15) is 13.6 Å². The molecule has 0 atom stereocenters. The second-order valence-electron chi connectivity index (χ2n) is 9.46. The number of hydrogen-bond donors (Lipinski definition) is 0. The maximum absolute atomic E-state index is 14.4. The van der Waals surface area contributed by atoms with Crippen LogP contribution < -0.4 is 0 Å². The Kier molecular flexibility index (Phi) is 9.70. The van der Waals surface area contributed by atoms with E-state index in [1.165, 1.54) is 18.9 Å². The lowest BCUT2D eigenvalue weighted by atomic mass is 9.69. The third-order valence-electron chi connectivity index (χ3n) is 7.35. The molecule has 2 aliphatic rings. The van der Waals surface area contributed by atoms with Crippen molar-refractivity contribution in [2.24, 2.45) is 11.8 Å². The van der Waals surface area contributed by atoms with E-state index in [1.807, 2.05) is 6.92 Å². The van der Waals surface area contributed by atoms with E-state index < -0.39 is 0 Å². The highest BCUT2D eigenvalue weighted by Crippen LogP contribution is 2.43. The molecule has 0 N–H and O–H groups in total. The summed E-state index contributed by atoms with van der Waals surface area (Å²) in [6.45, 7) is 6.31. The lowest BCUT2D eigenvalue weighted by Crippen LogP contribution is -2.28. The summed E-state index contributed by atoms with van der Waals surface area (Å²) in [6.07, 6.45) is 12.3. The molecule has 0 aliphatic heterocycles. The molecule has 0 aromatic heterocycles. The van der Waals surface area contributed by atoms with Gasteiger partial charge in [-0.25, -0.2) is 13.6 Å². The lowest BCUT2D eigenvalue weighted by molar-refractivity contribution is -0.138. The van der Waals surface area contributed by atoms with Gasteiger partial charge in [0, 0.05) is 18.1 Å². The summed E-state index contributed by atoms with van der Waals surface area (Å²) >= 11 is 0. The summed E-state index contributed by atoms with van der Waals surface area (Å²) in [6, 6.07) is 3.17. The molecule has 178 valence electrons. The van der Waals surface area contributed by atoms with Gasteiger partial charge >= 0.3 is 5.97 Å². The Morgan fingerprint density at radius 2 is 1.59 bits per heavy atom. The monoisotopic (exact) mass is 448 g/mol. The molecule has 5 heteroatoms. The minimum Gasteiger partial charge on any atom is -0.462 e. The van der Waals surface area contributed by atoms with Crippen LogP contribution in [0.4, 0.5) is 8.78 Å². The van der Waals surface area contributed by atoms with Crippen LogP contribution in [0.5, 0.6) is 0 Å². The van der Waals surface area contributed by atoms with Gasteiger partial charge in [0.25, 0.3) is 0 Å². The Morgan fingerprint density at radius 1 is 1.00 bits per heavy atom. The number of benzene rings is 1. The zero-order chi connectivity index (χ0) is 22.9. The van der Waals surface area contributed by atoms with Crippen molar-refractivity contribution >= 4 is 5.97 Å². The van der Waals surface area contributed by atoms with Crippen molar-refractivity contribution in [3.8, 4) is 0 Å². The molecule has 32 heavy (non-hydrogen) atoms. The molecule has 0 radical (unpaired) electrons. The molecule has 2 fully saturated rings. The van der Waals surface area contributed by atoms with Crippen molar-refractivity contribution in [2.45, 2.75) is 89.6 Å². The van der Waals surface area contributed by atoms with Crippen molar-refractivity contribution in [3.05, 3.63) is 47.5 Å². The van der Waals surface area contributed by atoms with Crippen molar-refractivity contribution in [1.82, 2.24) is 0 Å². The average Bonchev–Trinajstić information content (AvgIpc) is 2.81. The molecule has 0 unspecified atom stereocenters. The molecule has 3 nitrogen and oxygen atoms in total. The number of hydrogen-bond acceptors (Lipinski definition) is 3. The Balaban J connectivity index is 1.37. The molecule has 0 amide bonds. The topological polar surface area (TPSA) is 35.5 Å². The molecule has 2 saturated carbocycles. The Bertz CT molecular complexity index is 724. The van der Waals surface area contributed by atoms with Crippen LogP contribution in [0.3, 0.4) is 0 Å². The van der Waals surface area contributed by atoms with Crippen LogP contribution in [0.1, 0.15) is 88.2 Å². The molecule has 0 saturated heterocycles. The highest BCUT2D eigenvalue weighted by atomic mass is 19.1. The smallest absolute Gasteiger partial charge is 0.330 e. The van der Waals surface area contributed by atoms with Crippen LogP contribution in [-0.4, -0.2) is 25.3 Å². The molecule has 1 aromatic rings. The van der Waals surface area contributed by atoms with Gasteiger partial charge in [-0.2, -0.15) is 0 Å². The normalized spacial score (nSPS) is 26.0. The average molecular weight is 449 g/mol. The summed E-state index contributed by atoms with van der Waals surface area (Å²) in [5.41, 5.74) is 1.08. The zero-order valence-corrected chi connectivity index (χ0v) is 19.4. The third kappa shape index (κ3) is 6.87. The fourth-order valence-corrected chi connectivity index (χ4v) is 5.54. The van der Waals surface area contributed by atoms with Gasteiger partial charge in [0.15, 0.2) is 0 Å². The van der Waals surface area contributed by atoms with Gasteiger partial charge in [-0.1, -0.05) is 19.9 Å². The third-order valence-corrected chi connectivity index (χ3v) is 7.35. The minimum absolute atomic E-state index is 0.238. The van der Waals surface area contributed by atoms with Crippen molar-refractivity contribution < 1.29 is 23.0 Å². The zero-order valence-electron chi connectivity index (χ0n) is 19.4. The number of carbonyl (C=O) groups excluding carboxylic acids is 1. The SMILES string of the molecule is C=CC(=O)OCCCOC1CCC(C2CCC(c3cc(F)c(CCC)c(F)c3)CC2)CC1. The quantitative estimate of drug-likeness (QED) is 0.222. The first-order chi connectivity index (χ1) is 15.5. The molecule has 2 aliphatic carbocycles. The van der Waals surface area contributed by atoms with Crippen LogP contribution in [0.2, 0.25) is 0 Å². The Labute approximate surface area is 191 Å². The van der Waals surface area contributed by atoms with Gasteiger partial charge in [0.2, 0.25) is 0 Å². The molecule has 0 bridgehead atoms. The summed E-state index contributed by atoms with van der Waals surface area (Å²) in [4.78, 5) is 11.0. The molecular formula is C27H38F2O3. The maximum Gasteiger partial charge on any atom is 0.330 e. The fourth-order valence-electron chi connectivity index (χ4n) is 5.54. The predicted octanol–water partition coefficient (Wildman–Crippen LogP) is 6.89. The largest absolute Gasteiger partial charge is 0.462 e. The number of esters is 1. The molecule has 1 aromatic carbocycles. The van der Waals surface area contributed by atoms with E-state index in [2.05, 4.69) is 6.58 Å². The number of halogens is 2. The Morgan fingerprint density at radius 3 is 2.16 bits per heavy atom. The van der Waals surface area contributed by atoms with Gasteiger partial charge in [-0.3, -0.25) is 0 Å². The van der Waals surface area contributed by atoms with Gasteiger partial charge in [-0.05, 0) is 93.2 Å². The summed E-state index contributed by atoms with van der Waals surface area (Å²) in [5, 5.41) is 0. The van der Waals surface area contributed by atoms with Crippen LogP contribution >= 0.6 is 0 Å². The van der Waals surface area contributed by atoms with E-state index in [-0.39, 0.29) is 29.1 Å². The summed E-state index contributed by atoms with van der Waals surface area (Å²) in [5.74, 6) is 0.608. The Hall–Kier alpha value is -1.75. The number of carbonyl (C=O) groups is 1. The second kappa shape index (κ2) is 12.5. The summed E-state index contributed by atoms with van der Waals surface area (Å²) < 4.78 is 39.7. The molecule has 0 spiro atoms. The van der Waals surface area contributed by atoms with Gasteiger partial charge in [0.05, 0.1) is 19.3 Å². The van der Waals surface area contributed by atoms with Gasteiger partial charge in [0.1, 0.15) is 11.6 Å². The maximum atomic E-state index is 14.4. The van der Waals surface area contributed by atoms with Crippen LogP contribution in [-0.2, 0) is 20.7 Å². The predicted molar refractivity (Wildman–Crippen MR) is 123 cm³/mol. The van der Waals surface area contributed by atoms with E-state index in [0.717, 1.165) is 62.3 Å². The minimum atomic E-state index is -0.385. The first kappa shape index (κ1) is 24.9. The molecule has 0 heterocycles. The van der Waals surface area contributed by atoms with Crippen molar-refractivity contribution in [1.29, 1.82) is 0 Å². The van der Waals surface area contributed by atoms with E-state index >= 15 is 0 Å². The number of ether oxygens (including phenoxy) is 2. The van der Waals surface area contributed by atoms with E-state index in [1.54, 1.807) is 12.1 Å². The van der Waals surface area contributed by atoms with Crippen molar-refractivity contribution in [2.75, 3.05) is 13.2 Å². The highest BCUT2D eigenvalue weighted by Gasteiger charge is 2.32. The lowest BCUT2D eigenvalue weighted by Gasteiger charge is -2.38.